The van der Waals surface area contributed by atoms with Crippen molar-refractivity contribution in [3.05, 3.63) is 59.7 Å². The Bertz CT molecular complexity index is 966. The van der Waals surface area contributed by atoms with E-state index in [1.165, 1.54) is 0 Å². The van der Waals surface area contributed by atoms with Gasteiger partial charge in [-0.1, -0.05) is 19.9 Å². The molecule has 1 aliphatic rings. The second-order valence-electron chi connectivity index (χ2n) is 8.82. The fourth-order valence-corrected chi connectivity index (χ4v) is 3.66. The summed E-state index contributed by atoms with van der Waals surface area (Å²) in [5.41, 5.74) is 2.50. The molecule has 1 unspecified atom stereocenters. The van der Waals surface area contributed by atoms with E-state index in [2.05, 4.69) is 22.9 Å². The number of nitrogens with zero attached hydrogens (tertiary/aromatic N) is 1. The molecule has 1 saturated heterocycles. The summed E-state index contributed by atoms with van der Waals surface area (Å²) in [7, 11) is 0. The minimum atomic E-state index is -0.214. The van der Waals surface area contributed by atoms with Gasteiger partial charge in [-0.2, -0.15) is 0 Å². The van der Waals surface area contributed by atoms with Crippen LogP contribution in [0, 0.1) is 5.92 Å². The maximum atomic E-state index is 12.7. The number of hydrogen-bond donors (Lipinski definition) is 3. The van der Waals surface area contributed by atoms with Gasteiger partial charge in [-0.25, -0.2) is 0 Å². The summed E-state index contributed by atoms with van der Waals surface area (Å²) in [6, 6.07) is 14.2. The second kappa shape index (κ2) is 11.5. The molecule has 33 heavy (non-hydrogen) atoms. The van der Waals surface area contributed by atoms with Crippen molar-refractivity contribution in [2.45, 2.75) is 46.1 Å². The third-order valence-electron chi connectivity index (χ3n) is 6.05. The molecule has 0 bridgehead atoms. The molecule has 7 heteroatoms. The zero-order chi connectivity index (χ0) is 23.8. The third kappa shape index (κ3) is 7.07. The highest BCUT2D eigenvalue weighted by molar-refractivity contribution is 5.97. The Morgan fingerprint density at radius 3 is 2.36 bits per heavy atom. The zero-order valence-corrected chi connectivity index (χ0v) is 19.7. The molecule has 1 fully saturated rings. The average Bonchev–Trinajstić information content (AvgIpc) is 2.83. The molecule has 2 aromatic rings. The van der Waals surface area contributed by atoms with E-state index in [-0.39, 0.29) is 30.3 Å². The maximum absolute atomic E-state index is 12.7. The highest BCUT2D eigenvalue weighted by Gasteiger charge is 2.21. The van der Waals surface area contributed by atoms with Gasteiger partial charge in [0.2, 0.25) is 5.91 Å². The van der Waals surface area contributed by atoms with Crippen molar-refractivity contribution in [3.63, 3.8) is 0 Å². The lowest BCUT2D eigenvalue weighted by Crippen LogP contribution is -2.37. The summed E-state index contributed by atoms with van der Waals surface area (Å²) in [5.74, 6) is 0.364. The van der Waals surface area contributed by atoms with Gasteiger partial charge in [-0.05, 0) is 74.6 Å². The van der Waals surface area contributed by atoms with Crippen molar-refractivity contribution in [1.29, 1.82) is 0 Å². The van der Waals surface area contributed by atoms with Gasteiger partial charge in [0.05, 0.1) is 6.54 Å². The molecular weight excluding hydrogens is 416 g/mol. The summed E-state index contributed by atoms with van der Waals surface area (Å²) >= 11 is 0. The van der Waals surface area contributed by atoms with Crippen LogP contribution in [0.2, 0.25) is 0 Å². The standard InChI is InChI=1S/C26H34N4O3/c1-4-19(3)28-25(32)21-6-5-7-23(16-21)27-17-24(31)29-22-10-8-20(9-11-22)26(33)30-14-12-18(2)13-15-30/h5-11,16,18-19,27H,4,12-15,17H2,1-3H3,(H,28,32)(H,29,31). The Labute approximate surface area is 195 Å². The number of benzene rings is 2. The molecule has 176 valence electrons. The van der Waals surface area contributed by atoms with Gasteiger partial charge in [0.25, 0.3) is 11.8 Å². The summed E-state index contributed by atoms with van der Waals surface area (Å²) in [5, 5.41) is 8.81. The molecule has 2 aromatic carbocycles. The molecule has 0 aliphatic carbocycles. The minimum Gasteiger partial charge on any atom is -0.376 e. The van der Waals surface area contributed by atoms with Gasteiger partial charge >= 0.3 is 0 Å². The second-order valence-corrected chi connectivity index (χ2v) is 8.82. The molecule has 3 amide bonds. The van der Waals surface area contributed by atoms with E-state index >= 15 is 0 Å². The molecule has 1 heterocycles. The summed E-state index contributed by atoms with van der Waals surface area (Å²) in [4.78, 5) is 39.2. The van der Waals surface area contributed by atoms with Crippen molar-refractivity contribution in [3.8, 4) is 0 Å². The van der Waals surface area contributed by atoms with E-state index in [9.17, 15) is 14.4 Å². The van der Waals surface area contributed by atoms with E-state index in [4.69, 9.17) is 0 Å². The van der Waals surface area contributed by atoms with Crippen LogP contribution >= 0.6 is 0 Å². The Hall–Kier alpha value is -3.35. The number of anilines is 2. The predicted molar refractivity (Wildman–Crippen MR) is 132 cm³/mol. The number of hydrogen-bond acceptors (Lipinski definition) is 4. The van der Waals surface area contributed by atoms with Crippen LogP contribution in [0.4, 0.5) is 11.4 Å². The zero-order valence-electron chi connectivity index (χ0n) is 19.7. The number of piperidine rings is 1. The van der Waals surface area contributed by atoms with Crippen molar-refractivity contribution in [1.82, 2.24) is 10.2 Å². The van der Waals surface area contributed by atoms with Crippen molar-refractivity contribution < 1.29 is 14.4 Å². The number of carbonyl (C=O) groups excluding carboxylic acids is 3. The molecule has 0 aromatic heterocycles. The van der Waals surface area contributed by atoms with E-state index in [1.54, 1.807) is 42.5 Å². The third-order valence-corrected chi connectivity index (χ3v) is 6.05. The first-order chi connectivity index (χ1) is 15.9. The summed E-state index contributed by atoms with van der Waals surface area (Å²) in [6.07, 6.45) is 2.94. The molecule has 3 N–H and O–H groups in total. The van der Waals surface area contributed by atoms with Crippen LogP contribution in [0.1, 0.15) is 60.7 Å². The number of amides is 3. The van der Waals surface area contributed by atoms with Crippen molar-refractivity contribution in [2.75, 3.05) is 30.3 Å². The Kier molecular flexibility index (Phi) is 8.46. The topological polar surface area (TPSA) is 90.5 Å². The SMILES string of the molecule is CCC(C)NC(=O)c1cccc(NCC(=O)Nc2ccc(C(=O)N3CCC(C)CC3)cc2)c1. The fraction of sp³-hybridized carbons (Fsp3) is 0.423. The lowest BCUT2D eigenvalue weighted by Gasteiger charge is -2.30. The molecule has 0 radical (unpaired) electrons. The molecular formula is C26H34N4O3. The number of carbonyl (C=O) groups is 3. The van der Waals surface area contributed by atoms with Crippen LogP contribution in [-0.4, -0.2) is 48.3 Å². The highest BCUT2D eigenvalue weighted by atomic mass is 16.2. The van der Waals surface area contributed by atoms with Gasteiger partial charge < -0.3 is 20.9 Å². The van der Waals surface area contributed by atoms with Gasteiger partial charge in [0, 0.05) is 41.6 Å². The van der Waals surface area contributed by atoms with Crippen LogP contribution in [0.3, 0.4) is 0 Å². The quantitative estimate of drug-likeness (QED) is 0.564. The Morgan fingerprint density at radius 2 is 1.70 bits per heavy atom. The minimum absolute atomic E-state index is 0.0405. The highest BCUT2D eigenvalue weighted by Crippen LogP contribution is 2.19. The smallest absolute Gasteiger partial charge is 0.253 e. The van der Waals surface area contributed by atoms with Crippen LogP contribution in [0.25, 0.3) is 0 Å². The Morgan fingerprint density at radius 1 is 1.00 bits per heavy atom. The summed E-state index contributed by atoms with van der Waals surface area (Å²) < 4.78 is 0. The first kappa shape index (κ1) is 24.3. The summed E-state index contributed by atoms with van der Waals surface area (Å²) in [6.45, 7) is 7.84. The van der Waals surface area contributed by atoms with Crippen molar-refractivity contribution >= 4 is 29.1 Å². The number of nitrogens with one attached hydrogen (secondary N) is 3. The molecule has 0 saturated carbocycles. The number of rotatable bonds is 8. The molecule has 0 spiro atoms. The van der Waals surface area contributed by atoms with Gasteiger partial charge in [0.15, 0.2) is 0 Å². The van der Waals surface area contributed by atoms with Crippen LogP contribution in [0.5, 0.6) is 0 Å². The predicted octanol–water partition coefficient (Wildman–Crippen LogP) is 4.14. The van der Waals surface area contributed by atoms with Gasteiger partial charge in [0.1, 0.15) is 0 Å². The lowest BCUT2D eigenvalue weighted by atomic mass is 9.98. The molecule has 1 aliphatic heterocycles. The van der Waals surface area contributed by atoms with E-state index < -0.39 is 0 Å². The van der Waals surface area contributed by atoms with Crippen LogP contribution in [0.15, 0.2) is 48.5 Å². The Balaban J connectivity index is 1.49. The van der Waals surface area contributed by atoms with Gasteiger partial charge in [-0.3, -0.25) is 14.4 Å². The lowest BCUT2D eigenvalue weighted by molar-refractivity contribution is -0.114. The monoisotopic (exact) mass is 450 g/mol. The van der Waals surface area contributed by atoms with E-state index in [0.29, 0.717) is 28.4 Å². The van der Waals surface area contributed by atoms with Crippen LogP contribution < -0.4 is 16.0 Å². The largest absolute Gasteiger partial charge is 0.376 e. The average molecular weight is 451 g/mol. The first-order valence-corrected chi connectivity index (χ1v) is 11.7. The van der Waals surface area contributed by atoms with Crippen LogP contribution in [-0.2, 0) is 4.79 Å². The molecule has 3 rings (SSSR count). The van der Waals surface area contributed by atoms with E-state index in [1.807, 2.05) is 24.8 Å². The fourth-order valence-electron chi connectivity index (χ4n) is 3.66. The number of likely N-dealkylation sites (tertiary alicyclic amines) is 1. The first-order valence-electron chi connectivity index (χ1n) is 11.7. The van der Waals surface area contributed by atoms with Gasteiger partial charge in [-0.15, -0.1) is 0 Å². The molecule has 7 nitrogen and oxygen atoms in total. The molecule has 1 atom stereocenters. The van der Waals surface area contributed by atoms with Crippen molar-refractivity contribution in [2.24, 2.45) is 5.92 Å². The normalized spacial score (nSPS) is 14.9. The maximum Gasteiger partial charge on any atom is 0.253 e. The van der Waals surface area contributed by atoms with E-state index in [0.717, 1.165) is 32.4 Å².